The van der Waals surface area contributed by atoms with Crippen LogP contribution in [0.5, 0.6) is 5.88 Å². The number of ether oxygens (including phenoxy) is 1. The summed E-state index contributed by atoms with van der Waals surface area (Å²) in [5, 5.41) is 7.93. The van der Waals surface area contributed by atoms with Gasteiger partial charge in [0.2, 0.25) is 5.88 Å². The van der Waals surface area contributed by atoms with Crippen LogP contribution < -0.4 is 4.74 Å². The highest BCUT2D eigenvalue weighted by Crippen LogP contribution is 2.71. The van der Waals surface area contributed by atoms with E-state index < -0.39 is 23.7 Å². The number of hydrogen-bond acceptors (Lipinski definition) is 5. The molecular formula is C22H17F4N5O2. The fourth-order valence-electron chi connectivity index (χ4n) is 5.40. The Labute approximate surface area is 185 Å². The van der Waals surface area contributed by atoms with Gasteiger partial charge in [0.05, 0.1) is 29.6 Å². The van der Waals surface area contributed by atoms with Gasteiger partial charge in [-0.05, 0) is 37.0 Å². The fourth-order valence-corrected chi connectivity index (χ4v) is 5.40. The number of likely N-dealkylation sites (tertiary alicyclic amines) is 1. The van der Waals surface area contributed by atoms with Gasteiger partial charge in [-0.25, -0.2) is 9.37 Å². The molecule has 1 spiro atoms. The number of pyridine rings is 1. The molecule has 7 nitrogen and oxygen atoms in total. The monoisotopic (exact) mass is 459 g/mol. The number of benzene rings is 1. The number of halogens is 4. The maximum Gasteiger partial charge on any atom is 0.417 e. The Hall–Kier alpha value is -3.50. The summed E-state index contributed by atoms with van der Waals surface area (Å²) in [4.78, 5) is 20.1. The first-order valence-corrected chi connectivity index (χ1v) is 10.4. The van der Waals surface area contributed by atoms with Crippen molar-refractivity contribution in [3.8, 4) is 11.6 Å². The minimum atomic E-state index is -4.48. The van der Waals surface area contributed by atoms with E-state index in [1.54, 1.807) is 4.90 Å². The number of para-hydroxylation sites is 1. The molecule has 3 aromatic rings. The van der Waals surface area contributed by atoms with Crippen LogP contribution in [-0.2, 0) is 6.18 Å². The first-order chi connectivity index (χ1) is 15.8. The summed E-state index contributed by atoms with van der Waals surface area (Å²) in [5.74, 6) is -0.559. The molecular weight excluding hydrogens is 442 g/mol. The van der Waals surface area contributed by atoms with E-state index in [0.717, 1.165) is 23.5 Å². The Bertz CT molecular complexity index is 1230. The number of hydrogen-bond donors (Lipinski definition) is 0. The van der Waals surface area contributed by atoms with Gasteiger partial charge in [-0.1, -0.05) is 6.07 Å². The molecule has 1 amide bonds. The van der Waals surface area contributed by atoms with Gasteiger partial charge in [0.25, 0.3) is 5.91 Å². The Morgan fingerprint density at radius 2 is 1.91 bits per heavy atom. The van der Waals surface area contributed by atoms with Crippen LogP contribution in [0, 0.1) is 17.2 Å². The number of nitrogens with zero attached hydrogens (tertiary/aromatic N) is 5. The summed E-state index contributed by atoms with van der Waals surface area (Å²) in [7, 11) is 0. The Morgan fingerprint density at radius 3 is 2.61 bits per heavy atom. The second kappa shape index (κ2) is 6.75. The molecule has 6 rings (SSSR count). The SMILES string of the molecule is O=C(c1cccc(F)c1-n1nccn1)N1CC2CC23CC(Oc2ccc(C(F)(F)F)cn2)C13. The Morgan fingerprint density at radius 1 is 1.12 bits per heavy atom. The first-order valence-electron chi connectivity index (χ1n) is 10.4. The quantitative estimate of drug-likeness (QED) is 0.559. The number of carbonyl (C=O) groups excluding carboxylic acids is 1. The zero-order valence-electron chi connectivity index (χ0n) is 17.0. The van der Waals surface area contributed by atoms with Crippen LogP contribution in [0.2, 0.25) is 0 Å². The van der Waals surface area contributed by atoms with Crippen molar-refractivity contribution in [1.82, 2.24) is 24.9 Å². The first kappa shape index (κ1) is 20.1. The lowest BCUT2D eigenvalue weighted by atomic mass is 9.73. The van der Waals surface area contributed by atoms with E-state index in [-0.39, 0.29) is 34.5 Å². The van der Waals surface area contributed by atoms with E-state index >= 15 is 0 Å². The number of amides is 1. The number of alkyl halides is 3. The van der Waals surface area contributed by atoms with Crippen molar-refractivity contribution in [3.63, 3.8) is 0 Å². The summed E-state index contributed by atoms with van der Waals surface area (Å²) < 4.78 is 58.9. The standard InChI is InChI=1S/C22H17F4N5O2/c23-15-3-1-2-14(18(15)31-28-6-7-29-31)20(32)30-11-13-8-21(13)9-16(19(21)30)33-17-5-4-12(10-27-17)22(24,25)26/h1-7,10,13,16,19H,8-9,11H2. The molecule has 170 valence electrons. The number of piperidine rings is 1. The van der Waals surface area contributed by atoms with Crippen molar-refractivity contribution in [3.05, 3.63) is 65.9 Å². The predicted molar refractivity (Wildman–Crippen MR) is 105 cm³/mol. The molecule has 4 atom stereocenters. The van der Waals surface area contributed by atoms with Crippen LogP contribution in [0.15, 0.2) is 48.9 Å². The maximum absolute atomic E-state index is 14.6. The molecule has 2 saturated carbocycles. The molecule has 0 N–H and O–H groups in total. The van der Waals surface area contributed by atoms with Gasteiger partial charge in [-0.2, -0.15) is 23.4 Å². The minimum Gasteiger partial charge on any atom is -0.472 e. The topological polar surface area (TPSA) is 73.1 Å². The summed E-state index contributed by atoms with van der Waals surface area (Å²) >= 11 is 0. The van der Waals surface area contributed by atoms with Gasteiger partial charge >= 0.3 is 6.18 Å². The average Bonchev–Trinajstić information content (AvgIpc) is 3.14. The Kier molecular flexibility index (Phi) is 4.12. The van der Waals surface area contributed by atoms with E-state index in [2.05, 4.69) is 15.2 Å². The highest BCUT2D eigenvalue weighted by atomic mass is 19.4. The van der Waals surface area contributed by atoms with Crippen molar-refractivity contribution >= 4 is 5.91 Å². The van der Waals surface area contributed by atoms with E-state index in [1.807, 2.05) is 0 Å². The molecule has 2 aromatic heterocycles. The van der Waals surface area contributed by atoms with Crippen molar-refractivity contribution in [2.45, 2.75) is 31.2 Å². The second-order valence-electron chi connectivity index (χ2n) is 8.73. The van der Waals surface area contributed by atoms with Crippen LogP contribution in [0.1, 0.15) is 28.8 Å². The van der Waals surface area contributed by atoms with E-state index in [4.69, 9.17) is 4.74 Å². The van der Waals surface area contributed by atoms with Gasteiger partial charge in [0, 0.05) is 24.2 Å². The fraction of sp³-hybridized carbons (Fsp3) is 0.364. The lowest BCUT2D eigenvalue weighted by Crippen LogP contribution is -2.59. The van der Waals surface area contributed by atoms with Gasteiger partial charge in [-0.15, -0.1) is 4.80 Å². The van der Waals surface area contributed by atoms with Gasteiger partial charge < -0.3 is 9.64 Å². The highest BCUT2D eigenvalue weighted by Gasteiger charge is 2.76. The zero-order chi connectivity index (χ0) is 23.0. The highest BCUT2D eigenvalue weighted by molar-refractivity contribution is 5.98. The van der Waals surface area contributed by atoms with Crippen molar-refractivity contribution in [1.29, 1.82) is 0 Å². The molecule has 0 bridgehead atoms. The summed E-state index contributed by atoms with van der Waals surface area (Å²) in [6.45, 7) is 0.520. The summed E-state index contributed by atoms with van der Waals surface area (Å²) in [6, 6.07) is 6.10. The third kappa shape index (κ3) is 3.01. The normalized spacial score (nSPS) is 27.5. The largest absolute Gasteiger partial charge is 0.472 e. The molecule has 0 radical (unpaired) electrons. The van der Waals surface area contributed by atoms with Crippen molar-refractivity contribution < 1.29 is 27.1 Å². The average molecular weight is 459 g/mol. The summed E-state index contributed by atoms with van der Waals surface area (Å²) in [5.41, 5.74) is -0.779. The number of rotatable bonds is 4. The molecule has 33 heavy (non-hydrogen) atoms. The molecule has 11 heteroatoms. The van der Waals surface area contributed by atoms with Gasteiger partial charge in [0.1, 0.15) is 11.8 Å². The summed E-state index contributed by atoms with van der Waals surface area (Å²) in [6.07, 6.45) is 0.321. The molecule has 3 fully saturated rings. The number of carbonyl (C=O) groups is 1. The van der Waals surface area contributed by atoms with E-state index in [1.165, 1.54) is 36.7 Å². The maximum atomic E-state index is 14.6. The van der Waals surface area contributed by atoms with Gasteiger partial charge in [0.15, 0.2) is 5.82 Å². The molecule has 2 aliphatic carbocycles. The predicted octanol–water partition coefficient (Wildman–Crippen LogP) is 3.50. The third-order valence-corrected chi connectivity index (χ3v) is 6.99. The lowest BCUT2D eigenvalue weighted by molar-refractivity contribution is -0.137. The van der Waals surface area contributed by atoms with E-state index in [0.29, 0.717) is 18.9 Å². The number of aromatic nitrogens is 4. The molecule has 3 heterocycles. The van der Waals surface area contributed by atoms with Crippen LogP contribution in [0.4, 0.5) is 17.6 Å². The molecule has 1 saturated heterocycles. The Balaban J connectivity index is 1.26. The second-order valence-corrected chi connectivity index (χ2v) is 8.73. The van der Waals surface area contributed by atoms with Crippen molar-refractivity contribution in [2.75, 3.05) is 6.54 Å². The van der Waals surface area contributed by atoms with Crippen LogP contribution in [0.25, 0.3) is 5.69 Å². The minimum absolute atomic E-state index is 0.0247. The van der Waals surface area contributed by atoms with Gasteiger partial charge in [-0.3, -0.25) is 4.79 Å². The van der Waals surface area contributed by atoms with Crippen molar-refractivity contribution in [2.24, 2.45) is 11.3 Å². The molecule has 1 aliphatic heterocycles. The lowest BCUT2D eigenvalue weighted by Gasteiger charge is -2.47. The van der Waals surface area contributed by atoms with Crippen LogP contribution >= 0.6 is 0 Å². The smallest absolute Gasteiger partial charge is 0.417 e. The molecule has 4 unspecified atom stereocenters. The van der Waals surface area contributed by atoms with E-state index in [9.17, 15) is 22.4 Å². The zero-order valence-corrected chi connectivity index (χ0v) is 17.0. The third-order valence-electron chi connectivity index (χ3n) is 6.99. The molecule has 1 aromatic carbocycles. The van der Waals surface area contributed by atoms with Crippen LogP contribution in [-0.4, -0.2) is 49.5 Å². The molecule has 3 aliphatic rings. The van der Waals surface area contributed by atoms with Crippen LogP contribution in [0.3, 0.4) is 0 Å².